The molecule has 1 aliphatic rings. The Bertz CT molecular complexity index is 818. The van der Waals surface area contributed by atoms with Gasteiger partial charge in [0.2, 0.25) is 10.0 Å². The number of hydrogen-bond donors (Lipinski definition) is 0. The molecule has 152 valence electrons. The Labute approximate surface area is 161 Å². The van der Waals surface area contributed by atoms with Gasteiger partial charge in [0.25, 0.3) is 0 Å². The Morgan fingerprint density at radius 3 is 2.37 bits per heavy atom. The van der Waals surface area contributed by atoms with Crippen LogP contribution in [0.2, 0.25) is 5.02 Å². The minimum absolute atomic E-state index is 0.0591. The fourth-order valence-corrected chi connectivity index (χ4v) is 4.98. The number of ether oxygens (including phenoxy) is 1. The Balaban J connectivity index is 2.39. The summed E-state index contributed by atoms with van der Waals surface area (Å²) >= 11 is 5.85. The van der Waals surface area contributed by atoms with Crippen LogP contribution in [0.4, 0.5) is 13.2 Å². The van der Waals surface area contributed by atoms with E-state index in [2.05, 4.69) is 0 Å². The minimum atomic E-state index is -4.64. The smallest absolute Gasteiger partial charge is 0.416 e. The van der Waals surface area contributed by atoms with Crippen LogP contribution in [0.1, 0.15) is 45.6 Å². The molecular weight excluding hydrogens is 407 g/mol. The minimum Gasteiger partial charge on any atom is -0.459 e. The summed E-state index contributed by atoms with van der Waals surface area (Å²) in [5.74, 6) is -0.686. The highest BCUT2D eigenvalue weighted by atomic mass is 35.5. The summed E-state index contributed by atoms with van der Waals surface area (Å²) in [6.07, 6.45) is -3.21. The van der Waals surface area contributed by atoms with Gasteiger partial charge in [0.1, 0.15) is 16.5 Å². The van der Waals surface area contributed by atoms with Crippen molar-refractivity contribution >= 4 is 27.6 Å². The van der Waals surface area contributed by atoms with E-state index in [1.807, 2.05) is 0 Å². The van der Waals surface area contributed by atoms with Gasteiger partial charge in [0.05, 0.1) is 10.6 Å². The third-order valence-corrected chi connectivity index (χ3v) is 6.37. The molecule has 1 aromatic carbocycles. The summed E-state index contributed by atoms with van der Waals surface area (Å²) in [5, 5.41) is -0.543. The second-order valence-electron chi connectivity index (χ2n) is 7.30. The third kappa shape index (κ3) is 5.14. The molecule has 0 saturated carbocycles. The molecule has 1 saturated heterocycles. The maximum atomic E-state index is 13.0. The zero-order chi connectivity index (χ0) is 20.6. The first-order valence-electron chi connectivity index (χ1n) is 8.35. The lowest BCUT2D eigenvalue weighted by atomic mass is 10.0. The van der Waals surface area contributed by atoms with Crippen LogP contribution in [-0.2, 0) is 25.7 Å². The number of sulfonamides is 1. The predicted octanol–water partition coefficient (Wildman–Crippen LogP) is 4.24. The number of esters is 1. The first kappa shape index (κ1) is 22.0. The Morgan fingerprint density at radius 2 is 1.85 bits per heavy atom. The third-order valence-electron chi connectivity index (χ3n) is 3.98. The van der Waals surface area contributed by atoms with Gasteiger partial charge in [0, 0.05) is 6.54 Å². The topological polar surface area (TPSA) is 63.7 Å². The average molecular weight is 428 g/mol. The van der Waals surface area contributed by atoms with Crippen molar-refractivity contribution in [3.8, 4) is 0 Å². The maximum Gasteiger partial charge on any atom is 0.416 e. The van der Waals surface area contributed by atoms with Crippen molar-refractivity contribution in [2.75, 3.05) is 6.54 Å². The van der Waals surface area contributed by atoms with Gasteiger partial charge in [-0.15, -0.1) is 0 Å². The van der Waals surface area contributed by atoms with Gasteiger partial charge in [-0.2, -0.15) is 17.5 Å². The van der Waals surface area contributed by atoms with E-state index < -0.39 is 49.3 Å². The molecule has 0 aromatic heterocycles. The molecule has 1 unspecified atom stereocenters. The number of carbonyl (C=O) groups excluding carboxylic acids is 1. The molecule has 1 heterocycles. The van der Waals surface area contributed by atoms with Crippen LogP contribution in [0.15, 0.2) is 23.1 Å². The van der Waals surface area contributed by atoms with Crippen molar-refractivity contribution < 1.29 is 31.1 Å². The normalized spacial score (nSPS) is 19.7. The Kier molecular flexibility index (Phi) is 6.18. The molecule has 10 heteroatoms. The fraction of sp³-hybridized carbons (Fsp3) is 0.588. The molecule has 1 fully saturated rings. The zero-order valence-electron chi connectivity index (χ0n) is 15.1. The molecule has 0 amide bonds. The molecule has 0 bridgehead atoms. The summed E-state index contributed by atoms with van der Waals surface area (Å²) in [6, 6.07) is 1.01. The van der Waals surface area contributed by atoms with E-state index in [-0.39, 0.29) is 13.0 Å². The van der Waals surface area contributed by atoms with Crippen molar-refractivity contribution in [3.05, 3.63) is 28.8 Å². The molecule has 0 spiro atoms. The number of nitrogens with zero attached hydrogens (tertiary/aromatic N) is 1. The van der Waals surface area contributed by atoms with Gasteiger partial charge in [-0.25, -0.2) is 8.42 Å². The van der Waals surface area contributed by atoms with Crippen molar-refractivity contribution in [1.82, 2.24) is 4.31 Å². The quantitative estimate of drug-likeness (QED) is 0.677. The molecule has 1 aliphatic heterocycles. The van der Waals surface area contributed by atoms with Crippen molar-refractivity contribution in [2.45, 2.75) is 62.7 Å². The first-order valence-corrected chi connectivity index (χ1v) is 10.2. The summed E-state index contributed by atoms with van der Waals surface area (Å²) in [7, 11) is -4.27. The lowest BCUT2D eigenvalue weighted by molar-refractivity contribution is -0.160. The number of alkyl halides is 3. The highest BCUT2D eigenvalue weighted by Gasteiger charge is 2.41. The first-order chi connectivity index (χ1) is 12.2. The molecule has 1 atom stereocenters. The predicted molar refractivity (Wildman–Crippen MR) is 93.8 cm³/mol. The van der Waals surface area contributed by atoms with E-state index in [0.717, 1.165) is 10.4 Å². The van der Waals surface area contributed by atoms with Gasteiger partial charge >= 0.3 is 12.1 Å². The number of rotatable bonds is 3. The zero-order valence-corrected chi connectivity index (χ0v) is 16.7. The molecule has 27 heavy (non-hydrogen) atoms. The van der Waals surface area contributed by atoms with E-state index >= 15 is 0 Å². The van der Waals surface area contributed by atoms with Crippen LogP contribution in [0, 0.1) is 0 Å². The largest absolute Gasteiger partial charge is 0.459 e. The molecule has 0 aliphatic carbocycles. The number of halogens is 4. The molecule has 0 N–H and O–H groups in total. The molecular formula is C17H21ClF3NO4S. The number of benzene rings is 1. The van der Waals surface area contributed by atoms with Crippen LogP contribution in [-0.4, -0.2) is 36.9 Å². The van der Waals surface area contributed by atoms with Crippen LogP contribution >= 0.6 is 11.6 Å². The summed E-state index contributed by atoms with van der Waals surface area (Å²) in [5.41, 5.74) is -1.84. The number of hydrogen-bond acceptors (Lipinski definition) is 4. The maximum absolute atomic E-state index is 13.0. The number of carbonyl (C=O) groups is 1. The van der Waals surface area contributed by atoms with Gasteiger partial charge < -0.3 is 4.74 Å². The van der Waals surface area contributed by atoms with Crippen LogP contribution in [0.5, 0.6) is 0 Å². The second-order valence-corrected chi connectivity index (χ2v) is 9.57. The standard InChI is InChI=1S/C17H21ClF3NO4S/c1-16(2,3)26-15(23)13-6-4-5-9-22(13)27(24,25)14-8-7-11(10-12(14)18)17(19,20)21/h7-8,10,13H,4-6,9H2,1-3H3. The SMILES string of the molecule is CC(C)(C)OC(=O)C1CCCCN1S(=O)(=O)c1ccc(C(F)(F)F)cc1Cl. The van der Waals surface area contributed by atoms with Crippen LogP contribution in [0.3, 0.4) is 0 Å². The Hall–Kier alpha value is -1.32. The Morgan fingerprint density at radius 1 is 1.22 bits per heavy atom. The highest BCUT2D eigenvalue weighted by Crippen LogP contribution is 2.35. The lowest BCUT2D eigenvalue weighted by Gasteiger charge is -2.35. The summed E-state index contributed by atoms with van der Waals surface area (Å²) < 4.78 is 70.7. The molecule has 1 aromatic rings. The second kappa shape index (κ2) is 7.60. The van der Waals surface area contributed by atoms with Crippen LogP contribution < -0.4 is 0 Å². The lowest BCUT2D eigenvalue weighted by Crippen LogP contribution is -2.49. The van der Waals surface area contributed by atoms with E-state index in [1.54, 1.807) is 20.8 Å². The van der Waals surface area contributed by atoms with Crippen molar-refractivity contribution in [3.63, 3.8) is 0 Å². The summed E-state index contributed by atoms with van der Waals surface area (Å²) in [4.78, 5) is 12.0. The molecule has 2 rings (SSSR count). The molecule has 5 nitrogen and oxygen atoms in total. The van der Waals surface area contributed by atoms with Crippen LogP contribution in [0.25, 0.3) is 0 Å². The van der Waals surface area contributed by atoms with Gasteiger partial charge in [-0.3, -0.25) is 4.79 Å². The van der Waals surface area contributed by atoms with E-state index in [9.17, 15) is 26.4 Å². The van der Waals surface area contributed by atoms with Gasteiger partial charge in [-0.05, 0) is 58.2 Å². The monoisotopic (exact) mass is 427 g/mol. The van der Waals surface area contributed by atoms with Crippen molar-refractivity contribution in [2.24, 2.45) is 0 Å². The molecule has 0 radical (unpaired) electrons. The number of piperidine rings is 1. The van der Waals surface area contributed by atoms with Crippen molar-refractivity contribution in [1.29, 1.82) is 0 Å². The summed E-state index contributed by atoms with van der Waals surface area (Å²) in [6.45, 7) is 5.06. The van der Waals surface area contributed by atoms with Gasteiger partial charge in [-0.1, -0.05) is 11.6 Å². The van der Waals surface area contributed by atoms with E-state index in [1.165, 1.54) is 0 Å². The van der Waals surface area contributed by atoms with Gasteiger partial charge in [0.15, 0.2) is 0 Å². The van der Waals surface area contributed by atoms with E-state index in [0.29, 0.717) is 25.0 Å². The fourth-order valence-electron chi connectivity index (χ4n) is 2.81. The van der Waals surface area contributed by atoms with E-state index in [4.69, 9.17) is 16.3 Å². The highest BCUT2D eigenvalue weighted by molar-refractivity contribution is 7.89. The average Bonchev–Trinajstić information content (AvgIpc) is 2.52.